The molecule has 0 amide bonds. The van der Waals surface area contributed by atoms with E-state index < -0.39 is 0 Å². The summed E-state index contributed by atoms with van der Waals surface area (Å²) in [7, 11) is 4.32. The molecule has 3 heteroatoms. The Hall–Kier alpha value is -0.120. The van der Waals surface area contributed by atoms with Crippen molar-refractivity contribution in [3.05, 3.63) is 0 Å². The largest absolute Gasteiger partial charge is 0.314 e. The summed E-state index contributed by atoms with van der Waals surface area (Å²) in [5.41, 5.74) is 0. The molecule has 1 aliphatic carbocycles. The summed E-state index contributed by atoms with van der Waals surface area (Å²) in [6.07, 6.45) is 6.97. The van der Waals surface area contributed by atoms with Crippen LogP contribution in [0.25, 0.3) is 0 Å². The van der Waals surface area contributed by atoms with Gasteiger partial charge in [0.2, 0.25) is 0 Å². The Bertz CT molecular complexity index is 206. The molecule has 0 aromatic heterocycles. The van der Waals surface area contributed by atoms with Gasteiger partial charge in [-0.05, 0) is 84.8 Å². The van der Waals surface area contributed by atoms with Crippen LogP contribution in [0.1, 0.15) is 32.1 Å². The maximum Gasteiger partial charge on any atom is 0.00683 e. The van der Waals surface area contributed by atoms with E-state index in [0.717, 1.165) is 12.0 Å². The highest BCUT2D eigenvalue weighted by Gasteiger charge is 2.24. The second kappa shape index (κ2) is 6.72. The average Bonchev–Trinajstić information content (AvgIpc) is 3.11. The van der Waals surface area contributed by atoms with Crippen LogP contribution in [0.3, 0.4) is 0 Å². The Morgan fingerprint density at radius 3 is 2.41 bits per heavy atom. The monoisotopic (exact) mass is 239 g/mol. The molecule has 100 valence electrons. The maximum atomic E-state index is 3.67. The Labute approximate surface area is 107 Å². The Morgan fingerprint density at radius 1 is 1.12 bits per heavy atom. The van der Waals surface area contributed by atoms with Crippen LogP contribution in [-0.4, -0.2) is 62.7 Å². The molecular weight excluding hydrogens is 210 g/mol. The van der Waals surface area contributed by atoms with E-state index in [0.29, 0.717) is 0 Å². The van der Waals surface area contributed by atoms with E-state index in [1.165, 1.54) is 64.8 Å². The summed E-state index contributed by atoms with van der Waals surface area (Å²) in [4.78, 5) is 4.93. The molecule has 1 heterocycles. The van der Waals surface area contributed by atoms with Crippen LogP contribution >= 0.6 is 0 Å². The molecule has 2 aliphatic rings. The first-order valence-corrected chi connectivity index (χ1v) is 7.34. The van der Waals surface area contributed by atoms with Crippen molar-refractivity contribution >= 4 is 0 Å². The summed E-state index contributed by atoms with van der Waals surface area (Å²) >= 11 is 0. The number of nitrogens with zero attached hydrogens (tertiary/aromatic N) is 2. The number of rotatable bonds is 7. The Balaban J connectivity index is 1.50. The lowest BCUT2D eigenvalue weighted by Gasteiger charge is -2.32. The maximum absolute atomic E-state index is 3.67. The van der Waals surface area contributed by atoms with E-state index in [1.54, 1.807) is 0 Å². The topological polar surface area (TPSA) is 18.5 Å². The summed E-state index contributed by atoms with van der Waals surface area (Å²) in [6.45, 7) is 6.44. The van der Waals surface area contributed by atoms with E-state index in [1.807, 2.05) is 0 Å². The third-order valence-corrected chi connectivity index (χ3v) is 4.06. The van der Waals surface area contributed by atoms with Gasteiger partial charge < -0.3 is 15.1 Å². The van der Waals surface area contributed by atoms with Crippen molar-refractivity contribution in [2.24, 2.45) is 5.92 Å². The van der Waals surface area contributed by atoms with Crippen LogP contribution in [0.15, 0.2) is 0 Å². The second-order valence-corrected chi connectivity index (χ2v) is 6.12. The molecule has 0 atom stereocenters. The van der Waals surface area contributed by atoms with Crippen molar-refractivity contribution in [3.8, 4) is 0 Å². The number of hydrogen-bond acceptors (Lipinski definition) is 3. The molecule has 3 nitrogen and oxygen atoms in total. The Kier molecular flexibility index (Phi) is 5.26. The smallest absolute Gasteiger partial charge is 0.00683 e. The SMILES string of the molecule is CN(C)CCCN1CCC(CNC2CC2)CC1. The van der Waals surface area contributed by atoms with Crippen molar-refractivity contribution < 1.29 is 0 Å². The van der Waals surface area contributed by atoms with Crippen molar-refractivity contribution in [2.75, 3.05) is 46.8 Å². The van der Waals surface area contributed by atoms with Crippen LogP contribution in [0.2, 0.25) is 0 Å². The van der Waals surface area contributed by atoms with Gasteiger partial charge in [0.1, 0.15) is 0 Å². The quantitative estimate of drug-likeness (QED) is 0.724. The predicted octanol–water partition coefficient (Wildman–Crippen LogP) is 1.40. The third kappa shape index (κ3) is 5.36. The standard InChI is InChI=1S/C14H29N3/c1-16(2)8-3-9-17-10-6-13(7-11-17)12-15-14-4-5-14/h13-15H,3-12H2,1-2H3. The lowest BCUT2D eigenvalue weighted by molar-refractivity contribution is 0.175. The van der Waals surface area contributed by atoms with E-state index in [2.05, 4.69) is 29.2 Å². The lowest BCUT2D eigenvalue weighted by atomic mass is 9.96. The van der Waals surface area contributed by atoms with Gasteiger partial charge >= 0.3 is 0 Å². The molecule has 17 heavy (non-hydrogen) atoms. The number of likely N-dealkylation sites (tertiary alicyclic amines) is 1. The van der Waals surface area contributed by atoms with Crippen LogP contribution in [0.5, 0.6) is 0 Å². The van der Waals surface area contributed by atoms with Crippen molar-refractivity contribution in [1.82, 2.24) is 15.1 Å². The fourth-order valence-corrected chi connectivity index (χ4v) is 2.65. The highest BCUT2D eigenvalue weighted by Crippen LogP contribution is 2.21. The molecule has 1 saturated heterocycles. The van der Waals surface area contributed by atoms with Crippen LogP contribution in [-0.2, 0) is 0 Å². The highest BCUT2D eigenvalue weighted by molar-refractivity contribution is 4.83. The van der Waals surface area contributed by atoms with Gasteiger partial charge in [-0.25, -0.2) is 0 Å². The first-order chi connectivity index (χ1) is 8.24. The predicted molar refractivity (Wildman–Crippen MR) is 73.4 cm³/mol. The van der Waals surface area contributed by atoms with Crippen molar-refractivity contribution in [1.29, 1.82) is 0 Å². The van der Waals surface area contributed by atoms with Gasteiger partial charge in [0.05, 0.1) is 0 Å². The van der Waals surface area contributed by atoms with Crippen LogP contribution < -0.4 is 5.32 Å². The van der Waals surface area contributed by atoms with Gasteiger partial charge in [0.15, 0.2) is 0 Å². The molecule has 0 bridgehead atoms. The van der Waals surface area contributed by atoms with Gasteiger partial charge in [-0.3, -0.25) is 0 Å². The van der Waals surface area contributed by atoms with Gasteiger partial charge in [-0.2, -0.15) is 0 Å². The summed E-state index contributed by atoms with van der Waals surface area (Å²) in [6, 6.07) is 0.883. The average molecular weight is 239 g/mol. The van der Waals surface area contributed by atoms with E-state index >= 15 is 0 Å². The molecule has 0 aromatic carbocycles. The lowest BCUT2D eigenvalue weighted by Crippen LogP contribution is -2.38. The summed E-state index contributed by atoms with van der Waals surface area (Å²) in [5, 5.41) is 3.67. The first kappa shape index (κ1) is 13.3. The first-order valence-electron chi connectivity index (χ1n) is 7.34. The molecule has 0 aromatic rings. The normalized spacial score (nSPS) is 23.5. The Morgan fingerprint density at radius 2 is 1.82 bits per heavy atom. The van der Waals surface area contributed by atoms with Crippen molar-refractivity contribution in [3.63, 3.8) is 0 Å². The number of piperidine rings is 1. The zero-order valence-corrected chi connectivity index (χ0v) is 11.6. The van der Waals surface area contributed by atoms with Gasteiger partial charge in [0.25, 0.3) is 0 Å². The fraction of sp³-hybridized carbons (Fsp3) is 1.00. The van der Waals surface area contributed by atoms with Crippen molar-refractivity contribution in [2.45, 2.75) is 38.1 Å². The molecular formula is C14H29N3. The molecule has 0 spiro atoms. The van der Waals surface area contributed by atoms with Crippen LogP contribution in [0.4, 0.5) is 0 Å². The minimum Gasteiger partial charge on any atom is -0.314 e. The summed E-state index contributed by atoms with van der Waals surface area (Å²) < 4.78 is 0. The van der Waals surface area contributed by atoms with Gasteiger partial charge in [-0.15, -0.1) is 0 Å². The van der Waals surface area contributed by atoms with Gasteiger partial charge in [0, 0.05) is 6.04 Å². The van der Waals surface area contributed by atoms with E-state index in [9.17, 15) is 0 Å². The third-order valence-electron chi connectivity index (χ3n) is 4.06. The molecule has 1 aliphatic heterocycles. The number of nitrogens with one attached hydrogen (secondary N) is 1. The zero-order valence-electron chi connectivity index (χ0n) is 11.6. The molecule has 1 N–H and O–H groups in total. The fourth-order valence-electron chi connectivity index (χ4n) is 2.65. The van der Waals surface area contributed by atoms with Gasteiger partial charge in [-0.1, -0.05) is 0 Å². The van der Waals surface area contributed by atoms with Crippen LogP contribution in [0, 0.1) is 5.92 Å². The molecule has 0 radical (unpaired) electrons. The summed E-state index contributed by atoms with van der Waals surface area (Å²) in [5.74, 6) is 0.945. The highest BCUT2D eigenvalue weighted by atomic mass is 15.1. The van der Waals surface area contributed by atoms with E-state index in [-0.39, 0.29) is 0 Å². The second-order valence-electron chi connectivity index (χ2n) is 6.12. The molecule has 0 unspecified atom stereocenters. The molecule has 2 fully saturated rings. The zero-order chi connectivity index (χ0) is 12.1. The number of hydrogen-bond donors (Lipinski definition) is 1. The minimum absolute atomic E-state index is 0.883. The minimum atomic E-state index is 0.883. The van der Waals surface area contributed by atoms with E-state index in [4.69, 9.17) is 0 Å². The molecule has 1 saturated carbocycles. The molecule has 2 rings (SSSR count).